The summed E-state index contributed by atoms with van der Waals surface area (Å²) in [6.07, 6.45) is 0. The molecule has 0 heterocycles. The third-order valence-corrected chi connectivity index (χ3v) is 2.37. The molecular formula is C14H15NO4. The van der Waals surface area contributed by atoms with Crippen LogP contribution in [0.25, 0.3) is 5.76 Å². The molecule has 5 nitrogen and oxygen atoms in total. The standard InChI is InChI=1S/C14H15NO4/c1-3-19-14(18)12(15)11(9(2)16)13(17)10-7-5-4-6-8-10/h4-8,15,17H,3H2,1-2H3. The maximum Gasteiger partial charge on any atom is 0.357 e. The number of carbonyl (C=O) groups excluding carboxylic acids is 2. The summed E-state index contributed by atoms with van der Waals surface area (Å²) in [7, 11) is 0. The maximum absolute atomic E-state index is 11.5. The van der Waals surface area contributed by atoms with Crippen molar-refractivity contribution in [2.75, 3.05) is 6.61 Å². The molecule has 0 saturated carbocycles. The Balaban J connectivity index is 3.24. The highest BCUT2D eigenvalue weighted by Gasteiger charge is 2.24. The first-order valence-corrected chi connectivity index (χ1v) is 5.74. The molecule has 1 rings (SSSR count). The van der Waals surface area contributed by atoms with Crippen molar-refractivity contribution in [3.05, 3.63) is 41.5 Å². The van der Waals surface area contributed by atoms with Gasteiger partial charge in [0.2, 0.25) is 0 Å². The number of hydrogen-bond donors (Lipinski definition) is 2. The van der Waals surface area contributed by atoms with Gasteiger partial charge in [0.1, 0.15) is 5.76 Å². The second-order valence-electron chi connectivity index (χ2n) is 3.74. The van der Waals surface area contributed by atoms with E-state index in [9.17, 15) is 14.7 Å². The molecule has 0 saturated heterocycles. The minimum atomic E-state index is -0.935. The van der Waals surface area contributed by atoms with E-state index >= 15 is 0 Å². The van der Waals surface area contributed by atoms with Crippen LogP contribution in [0.5, 0.6) is 0 Å². The maximum atomic E-state index is 11.5. The van der Waals surface area contributed by atoms with Crippen molar-refractivity contribution in [3.8, 4) is 0 Å². The molecule has 0 aromatic heterocycles. The molecule has 0 spiro atoms. The normalized spacial score (nSPS) is 11.5. The fourth-order valence-corrected chi connectivity index (χ4v) is 1.51. The Morgan fingerprint density at radius 2 is 1.84 bits per heavy atom. The molecule has 0 bridgehead atoms. The molecule has 0 amide bonds. The van der Waals surface area contributed by atoms with E-state index in [1.807, 2.05) is 0 Å². The van der Waals surface area contributed by atoms with E-state index in [0.717, 1.165) is 0 Å². The Hall–Kier alpha value is -2.43. The van der Waals surface area contributed by atoms with Crippen molar-refractivity contribution in [1.82, 2.24) is 0 Å². The van der Waals surface area contributed by atoms with Crippen LogP contribution in [-0.2, 0) is 14.3 Å². The molecule has 0 aliphatic carbocycles. The molecule has 0 aliphatic heterocycles. The number of Topliss-reactive ketones (excluding diaryl/α,β-unsaturated/α-hetero) is 1. The van der Waals surface area contributed by atoms with Crippen molar-refractivity contribution in [3.63, 3.8) is 0 Å². The number of ketones is 1. The number of rotatable bonds is 5. The molecule has 2 N–H and O–H groups in total. The summed E-state index contributed by atoms with van der Waals surface area (Å²) >= 11 is 0. The summed E-state index contributed by atoms with van der Waals surface area (Å²) in [5.41, 5.74) is -0.623. The van der Waals surface area contributed by atoms with Gasteiger partial charge >= 0.3 is 5.97 Å². The first kappa shape index (κ1) is 14.6. The van der Waals surface area contributed by atoms with Crippen LogP contribution in [0.15, 0.2) is 35.9 Å². The van der Waals surface area contributed by atoms with Crippen LogP contribution in [0.4, 0.5) is 0 Å². The van der Waals surface area contributed by atoms with E-state index in [4.69, 9.17) is 5.41 Å². The second kappa shape index (κ2) is 6.49. The lowest BCUT2D eigenvalue weighted by atomic mass is 10.0. The summed E-state index contributed by atoms with van der Waals surface area (Å²) in [5, 5.41) is 17.7. The Labute approximate surface area is 111 Å². The Morgan fingerprint density at radius 1 is 1.26 bits per heavy atom. The van der Waals surface area contributed by atoms with E-state index < -0.39 is 23.2 Å². The monoisotopic (exact) mass is 261 g/mol. The molecule has 0 unspecified atom stereocenters. The highest BCUT2D eigenvalue weighted by atomic mass is 16.5. The average Bonchev–Trinajstić information content (AvgIpc) is 2.39. The van der Waals surface area contributed by atoms with Crippen LogP contribution in [0.1, 0.15) is 19.4 Å². The summed E-state index contributed by atoms with van der Waals surface area (Å²) in [5.74, 6) is -1.90. The Kier molecular flexibility index (Phi) is 5.00. The number of hydrogen-bond acceptors (Lipinski definition) is 5. The van der Waals surface area contributed by atoms with Gasteiger partial charge in [-0.3, -0.25) is 10.2 Å². The summed E-state index contributed by atoms with van der Waals surface area (Å²) < 4.78 is 4.66. The molecular weight excluding hydrogens is 246 g/mol. The van der Waals surface area contributed by atoms with E-state index in [1.54, 1.807) is 37.3 Å². The van der Waals surface area contributed by atoms with Crippen LogP contribution in [-0.4, -0.2) is 29.2 Å². The Morgan fingerprint density at radius 3 is 2.32 bits per heavy atom. The first-order chi connectivity index (χ1) is 8.99. The zero-order valence-corrected chi connectivity index (χ0v) is 10.8. The van der Waals surface area contributed by atoms with Crippen LogP contribution in [0.3, 0.4) is 0 Å². The van der Waals surface area contributed by atoms with Crippen molar-refractivity contribution >= 4 is 23.2 Å². The molecule has 0 aliphatic rings. The molecule has 0 fully saturated rings. The lowest BCUT2D eigenvalue weighted by Gasteiger charge is -2.09. The number of aliphatic hydroxyl groups excluding tert-OH is 1. The largest absolute Gasteiger partial charge is 0.506 e. The minimum absolute atomic E-state index is 0.0957. The minimum Gasteiger partial charge on any atom is -0.506 e. The van der Waals surface area contributed by atoms with Gasteiger partial charge in [-0.2, -0.15) is 0 Å². The smallest absolute Gasteiger partial charge is 0.357 e. The lowest BCUT2D eigenvalue weighted by Crippen LogP contribution is -2.23. The molecule has 1 aromatic rings. The van der Waals surface area contributed by atoms with Crippen molar-refractivity contribution in [2.24, 2.45) is 0 Å². The third-order valence-electron chi connectivity index (χ3n) is 2.37. The van der Waals surface area contributed by atoms with Gasteiger partial charge in [-0.15, -0.1) is 0 Å². The molecule has 19 heavy (non-hydrogen) atoms. The predicted molar refractivity (Wildman–Crippen MR) is 71.0 cm³/mol. The fraction of sp³-hybridized carbons (Fsp3) is 0.214. The summed E-state index contributed by atoms with van der Waals surface area (Å²) in [4.78, 5) is 23.0. The summed E-state index contributed by atoms with van der Waals surface area (Å²) in [6.45, 7) is 2.88. The summed E-state index contributed by atoms with van der Waals surface area (Å²) in [6, 6.07) is 8.27. The highest BCUT2D eigenvalue weighted by molar-refractivity contribution is 6.50. The molecule has 1 aromatic carbocycles. The predicted octanol–water partition coefficient (Wildman–Crippen LogP) is 2.13. The quantitative estimate of drug-likeness (QED) is 0.368. The van der Waals surface area contributed by atoms with Crippen LogP contribution in [0, 0.1) is 5.41 Å². The molecule has 5 heteroatoms. The topological polar surface area (TPSA) is 87.5 Å². The fourth-order valence-electron chi connectivity index (χ4n) is 1.51. The zero-order valence-electron chi connectivity index (χ0n) is 10.8. The number of carbonyl (C=O) groups is 2. The van der Waals surface area contributed by atoms with Gasteiger partial charge in [0.15, 0.2) is 11.5 Å². The van der Waals surface area contributed by atoms with Gasteiger partial charge in [-0.25, -0.2) is 4.79 Å². The number of ether oxygens (including phenoxy) is 1. The van der Waals surface area contributed by atoms with Gasteiger partial charge in [0.25, 0.3) is 0 Å². The number of aliphatic hydroxyl groups is 1. The van der Waals surface area contributed by atoms with Gasteiger partial charge < -0.3 is 9.84 Å². The third kappa shape index (κ3) is 3.51. The van der Waals surface area contributed by atoms with Gasteiger partial charge in [0, 0.05) is 5.56 Å². The Bertz CT molecular complexity index is 532. The zero-order chi connectivity index (χ0) is 14.4. The second-order valence-corrected chi connectivity index (χ2v) is 3.74. The van der Waals surface area contributed by atoms with Crippen molar-refractivity contribution in [2.45, 2.75) is 13.8 Å². The molecule has 0 radical (unpaired) electrons. The number of nitrogens with one attached hydrogen (secondary N) is 1. The van der Waals surface area contributed by atoms with Crippen molar-refractivity contribution < 1.29 is 19.4 Å². The number of esters is 1. The van der Waals surface area contributed by atoms with Crippen LogP contribution < -0.4 is 0 Å². The van der Waals surface area contributed by atoms with E-state index in [-0.39, 0.29) is 12.2 Å². The van der Waals surface area contributed by atoms with Crippen molar-refractivity contribution in [1.29, 1.82) is 5.41 Å². The lowest BCUT2D eigenvalue weighted by molar-refractivity contribution is -0.135. The number of benzene rings is 1. The van der Waals surface area contributed by atoms with Crippen LogP contribution in [0.2, 0.25) is 0 Å². The van der Waals surface area contributed by atoms with Gasteiger partial charge in [-0.1, -0.05) is 30.3 Å². The molecule has 0 atom stereocenters. The highest BCUT2D eigenvalue weighted by Crippen LogP contribution is 2.17. The average molecular weight is 261 g/mol. The SMILES string of the molecule is CCOC(=O)C(=N)C(C(C)=O)=C(O)c1ccccc1. The van der Waals surface area contributed by atoms with Gasteiger partial charge in [-0.05, 0) is 13.8 Å². The van der Waals surface area contributed by atoms with Gasteiger partial charge in [0.05, 0.1) is 12.2 Å². The van der Waals surface area contributed by atoms with E-state index in [1.165, 1.54) is 6.92 Å². The van der Waals surface area contributed by atoms with E-state index in [2.05, 4.69) is 4.74 Å². The van der Waals surface area contributed by atoms with Crippen LogP contribution >= 0.6 is 0 Å². The van der Waals surface area contributed by atoms with E-state index in [0.29, 0.717) is 5.56 Å². The molecule has 100 valence electrons. The first-order valence-electron chi connectivity index (χ1n) is 5.74.